The fraction of sp³-hybridized carbons (Fsp3) is 0.333. The first-order chi connectivity index (χ1) is 6.38. The van der Waals surface area contributed by atoms with Crippen LogP contribution < -0.4 is 4.90 Å². The molecule has 3 nitrogen and oxygen atoms in total. The third-order valence-corrected chi connectivity index (χ3v) is 2.87. The zero-order valence-corrected chi connectivity index (χ0v) is 7.96. The fourth-order valence-electron chi connectivity index (χ4n) is 1.30. The third-order valence-electron chi connectivity index (χ3n) is 1.94. The van der Waals surface area contributed by atoms with Crippen LogP contribution in [0.25, 0.3) is 0 Å². The maximum absolute atomic E-state index is 11.5. The van der Waals surface area contributed by atoms with Crippen LogP contribution in [0.3, 0.4) is 0 Å². The summed E-state index contributed by atoms with van der Waals surface area (Å²) in [6.45, 7) is 0.801. The maximum Gasteiger partial charge on any atom is 0.237 e. The average Bonchev–Trinajstić information content (AvgIpc) is 2.20. The SMILES string of the molecule is O=C1CSCCN1c1cccnc1. The van der Waals surface area contributed by atoms with Gasteiger partial charge in [0.1, 0.15) is 0 Å². The van der Waals surface area contributed by atoms with Gasteiger partial charge in [0.25, 0.3) is 0 Å². The molecule has 0 atom stereocenters. The van der Waals surface area contributed by atoms with E-state index in [-0.39, 0.29) is 5.91 Å². The topological polar surface area (TPSA) is 33.2 Å². The predicted octanol–water partition coefficient (Wildman–Crippen LogP) is 1.16. The molecule has 0 aromatic carbocycles. The molecular formula is C9H10N2OS. The Hall–Kier alpha value is -1.03. The Morgan fingerprint density at radius 2 is 2.46 bits per heavy atom. The first-order valence-corrected chi connectivity index (χ1v) is 5.31. The summed E-state index contributed by atoms with van der Waals surface area (Å²) >= 11 is 1.69. The van der Waals surface area contributed by atoms with Gasteiger partial charge in [0.15, 0.2) is 0 Å². The van der Waals surface area contributed by atoms with Crippen LogP contribution in [0.1, 0.15) is 0 Å². The second kappa shape index (κ2) is 3.79. The lowest BCUT2D eigenvalue weighted by Crippen LogP contribution is -2.38. The molecule has 0 aliphatic carbocycles. The molecule has 1 saturated heterocycles. The van der Waals surface area contributed by atoms with Gasteiger partial charge in [-0.05, 0) is 12.1 Å². The largest absolute Gasteiger partial charge is 0.309 e. The number of carbonyl (C=O) groups excluding carboxylic acids is 1. The number of anilines is 1. The normalized spacial score (nSPS) is 17.5. The Bertz CT molecular complexity index is 302. The Morgan fingerprint density at radius 1 is 1.54 bits per heavy atom. The number of hydrogen-bond acceptors (Lipinski definition) is 3. The molecule has 2 rings (SSSR count). The molecule has 0 saturated carbocycles. The van der Waals surface area contributed by atoms with Gasteiger partial charge in [-0.25, -0.2) is 0 Å². The molecule has 1 aromatic heterocycles. The highest BCUT2D eigenvalue weighted by Crippen LogP contribution is 2.18. The van der Waals surface area contributed by atoms with Gasteiger partial charge >= 0.3 is 0 Å². The van der Waals surface area contributed by atoms with Gasteiger partial charge in [-0.15, -0.1) is 0 Å². The van der Waals surface area contributed by atoms with Crippen LogP contribution in [0.15, 0.2) is 24.5 Å². The van der Waals surface area contributed by atoms with Crippen LogP contribution in [0.2, 0.25) is 0 Å². The van der Waals surface area contributed by atoms with E-state index in [1.807, 2.05) is 12.1 Å². The second-order valence-electron chi connectivity index (χ2n) is 2.81. The molecule has 1 aliphatic rings. The van der Waals surface area contributed by atoms with Crippen LogP contribution in [-0.4, -0.2) is 28.9 Å². The monoisotopic (exact) mass is 194 g/mol. The van der Waals surface area contributed by atoms with Crippen molar-refractivity contribution < 1.29 is 4.79 Å². The number of carbonyl (C=O) groups is 1. The van der Waals surface area contributed by atoms with Crippen molar-refractivity contribution in [1.29, 1.82) is 0 Å². The lowest BCUT2D eigenvalue weighted by Gasteiger charge is -2.25. The Morgan fingerprint density at radius 3 is 3.15 bits per heavy atom. The van der Waals surface area contributed by atoms with Crippen LogP contribution >= 0.6 is 11.8 Å². The molecule has 68 valence electrons. The van der Waals surface area contributed by atoms with Crippen molar-refractivity contribution in [2.75, 3.05) is 23.0 Å². The summed E-state index contributed by atoms with van der Waals surface area (Å²) in [7, 11) is 0. The van der Waals surface area contributed by atoms with Crippen molar-refractivity contribution in [2.45, 2.75) is 0 Å². The van der Waals surface area contributed by atoms with E-state index in [4.69, 9.17) is 0 Å². The van der Waals surface area contributed by atoms with Crippen LogP contribution in [-0.2, 0) is 4.79 Å². The fourth-order valence-corrected chi connectivity index (χ4v) is 2.09. The molecule has 13 heavy (non-hydrogen) atoms. The summed E-state index contributed by atoms with van der Waals surface area (Å²) in [5, 5.41) is 0. The van der Waals surface area contributed by atoms with Gasteiger partial charge in [0.2, 0.25) is 5.91 Å². The standard InChI is InChI=1S/C9H10N2OS/c12-9-7-13-5-4-11(9)8-2-1-3-10-6-8/h1-3,6H,4-5,7H2. The van der Waals surface area contributed by atoms with E-state index < -0.39 is 0 Å². The number of hydrogen-bond donors (Lipinski definition) is 0. The van der Waals surface area contributed by atoms with Gasteiger partial charge in [-0.3, -0.25) is 9.78 Å². The van der Waals surface area contributed by atoms with Crippen molar-refractivity contribution in [3.05, 3.63) is 24.5 Å². The first-order valence-electron chi connectivity index (χ1n) is 4.16. The number of amides is 1. The highest BCUT2D eigenvalue weighted by Gasteiger charge is 2.19. The van der Waals surface area contributed by atoms with Gasteiger partial charge < -0.3 is 4.90 Å². The Balaban J connectivity index is 2.20. The summed E-state index contributed by atoms with van der Waals surface area (Å²) in [5.74, 6) is 1.79. The lowest BCUT2D eigenvalue weighted by atomic mass is 10.3. The van der Waals surface area contributed by atoms with Crippen molar-refractivity contribution >= 4 is 23.4 Å². The van der Waals surface area contributed by atoms with Gasteiger partial charge in [0.05, 0.1) is 17.6 Å². The van der Waals surface area contributed by atoms with E-state index in [1.165, 1.54) is 0 Å². The minimum atomic E-state index is 0.184. The summed E-state index contributed by atoms with van der Waals surface area (Å²) < 4.78 is 0. The first kappa shape index (κ1) is 8.56. The summed E-state index contributed by atoms with van der Waals surface area (Å²) in [4.78, 5) is 17.3. The lowest BCUT2D eigenvalue weighted by molar-refractivity contribution is -0.116. The molecule has 1 amide bonds. The number of thioether (sulfide) groups is 1. The van der Waals surface area contributed by atoms with E-state index in [2.05, 4.69) is 4.98 Å². The number of aromatic nitrogens is 1. The van der Waals surface area contributed by atoms with Crippen molar-refractivity contribution in [1.82, 2.24) is 4.98 Å². The molecule has 0 bridgehead atoms. The molecule has 1 aromatic rings. The van der Waals surface area contributed by atoms with Crippen LogP contribution in [0, 0.1) is 0 Å². The molecule has 1 fully saturated rings. The molecule has 0 unspecified atom stereocenters. The average molecular weight is 194 g/mol. The highest BCUT2D eigenvalue weighted by molar-refractivity contribution is 8.00. The highest BCUT2D eigenvalue weighted by atomic mass is 32.2. The molecule has 2 heterocycles. The van der Waals surface area contributed by atoms with Gasteiger partial charge in [-0.2, -0.15) is 11.8 Å². The Labute approximate surface area is 81.1 Å². The maximum atomic E-state index is 11.5. The predicted molar refractivity (Wildman–Crippen MR) is 53.9 cm³/mol. The van der Waals surface area contributed by atoms with Crippen molar-refractivity contribution in [3.63, 3.8) is 0 Å². The second-order valence-corrected chi connectivity index (χ2v) is 3.91. The quantitative estimate of drug-likeness (QED) is 0.672. The number of nitrogens with zero attached hydrogens (tertiary/aromatic N) is 2. The van der Waals surface area contributed by atoms with Crippen LogP contribution in [0.5, 0.6) is 0 Å². The summed E-state index contributed by atoms with van der Waals surface area (Å²) in [5.41, 5.74) is 0.910. The van der Waals surface area contributed by atoms with E-state index in [0.29, 0.717) is 5.75 Å². The van der Waals surface area contributed by atoms with Crippen molar-refractivity contribution in [3.8, 4) is 0 Å². The number of pyridine rings is 1. The molecule has 4 heteroatoms. The van der Waals surface area contributed by atoms with E-state index in [0.717, 1.165) is 18.0 Å². The molecule has 0 spiro atoms. The van der Waals surface area contributed by atoms with Gasteiger partial charge in [-0.1, -0.05) is 0 Å². The Kier molecular flexibility index (Phi) is 2.49. The van der Waals surface area contributed by atoms with E-state index >= 15 is 0 Å². The summed E-state index contributed by atoms with van der Waals surface area (Å²) in [6, 6.07) is 3.77. The summed E-state index contributed by atoms with van der Waals surface area (Å²) in [6.07, 6.45) is 3.44. The molecule has 0 radical (unpaired) electrons. The van der Waals surface area contributed by atoms with Crippen LogP contribution in [0.4, 0.5) is 5.69 Å². The smallest absolute Gasteiger partial charge is 0.237 e. The number of rotatable bonds is 1. The van der Waals surface area contributed by atoms with Gasteiger partial charge in [0, 0.05) is 18.5 Å². The third kappa shape index (κ3) is 1.83. The zero-order chi connectivity index (χ0) is 9.10. The molecule has 0 N–H and O–H groups in total. The molecular weight excluding hydrogens is 184 g/mol. The zero-order valence-electron chi connectivity index (χ0n) is 7.14. The van der Waals surface area contributed by atoms with E-state index in [1.54, 1.807) is 29.1 Å². The van der Waals surface area contributed by atoms with E-state index in [9.17, 15) is 4.79 Å². The minimum absolute atomic E-state index is 0.184. The molecule has 1 aliphatic heterocycles. The van der Waals surface area contributed by atoms with Crippen molar-refractivity contribution in [2.24, 2.45) is 0 Å². The minimum Gasteiger partial charge on any atom is -0.309 e.